The summed E-state index contributed by atoms with van der Waals surface area (Å²) in [5.41, 5.74) is -0.191. The third kappa shape index (κ3) is 4.31. The molecule has 6 nitrogen and oxygen atoms in total. The maximum atomic E-state index is 11.5. The highest BCUT2D eigenvalue weighted by Gasteiger charge is 2.22. The third-order valence-electron chi connectivity index (χ3n) is 3.30. The quantitative estimate of drug-likeness (QED) is 0.659. The highest BCUT2D eigenvalue weighted by Crippen LogP contribution is 2.17. The number of sulfonamides is 1. The molecular weight excluding hydrogens is 268 g/mol. The van der Waals surface area contributed by atoms with Crippen molar-refractivity contribution in [3.8, 4) is 0 Å². The molecule has 0 fully saturated rings. The van der Waals surface area contributed by atoms with Crippen LogP contribution < -0.4 is 10.0 Å². The second-order valence-corrected chi connectivity index (χ2v) is 6.49. The molecule has 1 aromatic heterocycles. The van der Waals surface area contributed by atoms with Crippen LogP contribution in [0.2, 0.25) is 0 Å². The molecule has 0 aliphatic rings. The molecule has 7 heteroatoms. The van der Waals surface area contributed by atoms with Crippen molar-refractivity contribution in [2.24, 2.45) is 0 Å². The SMILES string of the molecule is CCC(C)(CCO)NCc1ccc(S(=O)(=O)NC)o1. The minimum absolute atomic E-state index is 0.0906. The van der Waals surface area contributed by atoms with E-state index in [0.717, 1.165) is 6.42 Å². The monoisotopic (exact) mass is 290 g/mol. The van der Waals surface area contributed by atoms with E-state index in [1.54, 1.807) is 6.07 Å². The first kappa shape index (κ1) is 16.2. The number of aliphatic hydroxyl groups excluding tert-OH is 1. The molecule has 0 aliphatic heterocycles. The first-order valence-corrected chi connectivity index (χ1v) is 7.73. The molecule has 0 radical (unpaired) electrons. The molecular formula is C12H22N2O4S. The van der Waals surface area contributed by atoms with Crippen LogP contribution in [0, 0.1) is 0 Å². The Kier molecular flexibility index (Phi) is 5.54. The maximum Gasteiger partial charge on any atom is 0.273 e. The largest absolute Gasteiger partial charge is 0.447 e. The second-order valence-electron chi connectivity index (χ2n) is 4.67. The van der Waals surface area contributed by atoms with E-state index in [4.69, 9.17) is 9.52 Å². The van der Waals surface area contributed by atoms with Gasteiger partial charge in [-0.3, -0.25) is 0 Å². The fraction of sp³-hybridized carbons (Fsp3) is 0.667. The van der Waals surface area contributed by atoms with E-state index in [-0.39, 0.29) is 17.2 Å². The van der Waals surface area contributed by atoms with Crippen molar-refractivity contribution < 1.29 is 17.9 Å². The Hall–Kier alpha value is -0.890. The highest BCUT2D eigenvalue weighted by molar-refractivity contribution is 7.89. The van der Waals surface area contributed by atoms with Crippen molar-refractivity contribution >= 4 is 10.0 Å². The van der Waals surface area contributed by atoms with Gasteiger partial charge in [0, 0.05) is 12.1 Å². The summed E-state index contributed by atoms with van der Waals surface area (Å²) in [7, 11) is -2.19. The molecule has 0 spiro atoms. The van der Waals surface area contributed by atoms with Crippen LogP contribution in [0.4, 0.5) is 0 Å². The van der Waals surface area contributed by atoms with E-state index >= 15 is 0 Å². The van der Waals surface area contributed by atoms with Crippen LogP contribution in [0.25, 0.3) is 0 Å². The van der Waals surface area contributed by atoms with Crippen molar-refractivity contribution in [3.63, 3.8) is 0 Å². The van der Waals surface area contributed by atoms with Gasteiger partial charge < -0.3 is 14.8 Å². The third-order valence-corrected chi connectivity index (χ3v) is 4.59. The van der Waals surface area contributed by atoms with Crippen molar-refractivity contribution in [2.75, 3.05) is 13.7 Å². The number of hydrogen-bond donors (Lipinski definition) is 3. The summed E-state index contributed by atoms with van der Waals surface area (Å²) >= 11 is 0. The van der Waals surface area contributed by atoms with Crippen molar-refractivity contribution in [1.82, 2.24) is 10.0 Å². The summed E-state index contributed by atoms with van der Waals surface area (Å²) in [4.78, 5) is 0. The predicted molar refractivity (Wildman–Crippen MR) is 72.2 cm³/mol. The molecule has 0 aliphatic carbocycles. The minimum atomic E-state index is -3.53. The van der Waals surface area contributed by atoms with E-state index in [0.29, 0.717) is 18.7 Å². The zero-order chi connectivity index (χ0) is 14.5. The Morgan fingerprint density at radius 1 is 1.42 bits per heavy atom. The van der Waals surface area contributed by atoms with Crippen LogP contribution in [0.5, 0.6) is 0 Å². The van der Waals surface area contributed by atoms with Crippen LogP contribution in [-0.4, -0.2) is 32.7 Å². The first-order chi connectivity index (χ1) is 8.87. The van der Waals surface area contributed by atoms with Gasteiger partial charge in [0.15, 0.2) is 0 Å². The Morgan fingerprint density at radius 3 is 2.63 bits per heavy atom. The minimum Gasteiger partial charge on any atom is -0.447 e. The Morgan fingerprint density at radius 2 is 2.11 bits per heavy atom. The number of rotatable bonds is 8. The number of nitrogens with one attached hydrogen (secondary N) is 2. The summed E-state index contributed by atoms with van der Waals surface area (Å²) in [5, 5.41) is 12.2. The molecule has 1 aromatic rings. The summed E-state index contributed by atoms with van der Waals surface area (Å²) in [5.74, 6) is 0.548. The molecule has 0 saturated heterocycles. The van der Waals surface area contributed by atoms with Gasteiger partial charge in [-0.1, -0.05) is 6.92 Å². The van der Waals surface area contributed by atoms with Crippen LogP contribution >= 0.6 is 0 Å². The normalized spacial score (nSPS) is 15.4. The Balaban J connectivity index is 2.69. The standard InChI is InChI=1S/C12H22N2O4S/c1-4-12(2,7-8-15)14-9-10-5-6-11(18-10)19(16,17)13-3/h5-6,13-15H,4,7-9H2,1-3H3. The van der Waals surface area contributed by atoms with Crippen LogP contribution in [0.1, 0.15) is 32.4 Å². The fourth-order valence-electron chi connectivity index (χ4n) is 1.64. The molecule has 3 N–H and O–H groups in total. The van der Waals surface area contributed by atoms with Gasteiger partial charge in [0.1, 0.15) is 5.76 Å². The van der Waals surface area contributed by atoms with Crippen molar-refractivity contribution in [1.29, 1.82) is 0 Å². The van der Waals surface area contributed by atoms with E-state index in [1.807, 2.05) is 13.8 Å². The molecule has 19 heavy (non-hydrogen) atoms. The molecule has 110 valence electrons. The number of furan rings is 1. The smallest absolute Gasteiger partial charge is 0.273 e. The summed E-state index contributed by atoms with van der Waals surface area (Å²) in [6.07, 6.45) is 1.49. The van der Waals surface area contributed by atoms with E-state index in [2.05, 4.69) is 10.0 Å². The van der Waals surface area contributed by atoms with Gasteiger partial charge in [-0.15, -0.1) is 0 Å². The van der Waals surface area contributed by atoms with Gasteiger partial charge in [0.25, 0.3) is 10.0 Å². The van der Waals surface area contributed by atoms with Crippen molar-refractivity contribution in [3.05, 3.63) is 17.9 Å². The zero-order valence-corrected chi connectivity index (χ0v) is 12.4. The molecule has 1 heterocycles. The van der Waals surface area contributed by atoms with E-state index in [1.165, 1.54) is 13.1 Å². The van der Waals surface area contributed by atoms with E-state index in [9.17, 15) is 8.42 Å². The molecule has 1 unspecified atom stereocenters. The second kappa shape index (κ2) is 6.51. The average Bonchev–Trinajstić information content (AvgIpc) is 2.86. The lowest BCUT2D eigenvalue weighted by atomic mass is 9.95. The summed E-state index contributed by atoms with van der Waals surface area (Å²) < 4.78 is 30.5. The van der Waals surface area contributed by atoms with Crippen LogP contribution in [0.15, 0.2) is 21.6 Å². The highest BCUT2D eigenvalue weighted by atomic mass is 32.2. The first-order valence-electron chi connectivity index (χ1n) is 6.25. The van der Waals surface area contributed by atoms with Crippen molar-refractivity contribution in [2.45, 2.75) is 43.9 Å². The van der Waals surface area contributed by atoms with Crippen LogP contribution in [0.3, 0.4) is 0 Å². The summed E-state index contributed by atoms with van der Waals surface area (Å²) in [6.45, 7) is 4.57. The maximum absolute atomic E-state index is 11.5. The lowest BCUT2D eigenvalue weighted by molar-refractivity contribution is 0.210. The molecule has 0 amide bonds. The predicted octanol–water partition coefficient (Wildman–Crippen LogP) is 0.828. The lowest BCUT2D eigenvalue weighted by Crippen LogP contribution is -2.41. The molecule has 0 saturated carbocycles. The van der Waals surface area contributed by atoms with Crippen LogP contribution in [-0.2, 0) is 16.6 Å². The van der Waals surface area contributed by atoms with Gasteiger partial charge >= 0.3 is 0 Å². The molecule has 0 aromatic carbocycles. The lowest BCUT2D eigenvalue weighted by Gasteiger charge is -2.28. The van der Waals surface area contributed by atoms with Gasteiger partial charge in [-0.2, -0.15) is 0 Å². The van der Waals surface area contributed by atoms with Gasteiger partial charge in [-0.25, -0.2) is 13.1 Å². The number of aliphatic hydroxyl groups is 1. The van der Waals surface area contributed by atoms with Gasteiger partial charge in [0.05, 0.1) is 6.54 Å². The molecule has 0 bridgehead atoms. The molecule has 1 rings (SSSR count). The molecule has 1 atom stereocenters. The number of hydrogen-bond acceptors (Lipinski definition) is 5. The summed E-state index contributed by atoms with van der Waals surface area (Å²) in [6, 6.07) is 3.06. The fourth-order valence-corrected chi connectivity index (χ4v) is 2.30. The van der Waals surface area contributed by atoms with Gasteiger partial charge in [-0.05, 0) is 38.9 Å². The van der Waals surface area contributed by atoms with Gasteiger partial charge in [0.2, 0.25) is 5.09 Å². The average molecular weight is 290 g/mol. The van der Waals surface area contributed by atoms with E-state index < -0.39 is 10.0 Å². The Bertz CT molecular complexity index is 498. The topological polar surface area (TPSA) is 91.6 Å². The zero-order valence-electron chi connectivity index (χ0n) is 11.6. The Labute approximate surface area is 114 Å².